The van der Waals surface area contributed by atoms with Crippen molar-refractivity contribution in [2.24, 2.45) is 22.9 Å². The van der Waals surface area contributed by atoms with Gasteiger partial charge in [0, 0.05) is 37.7 Å². The maximum Gasteiger partial charge on any atom is 0.410 e. The lowest BCUT2D eigenvalue weighted by Gasteiger charge is -2.59. The molecule has 0 aromatic heterocycles. The zero-order chi connectivity index (χ0) is 54.7. The molecule has 6 atom stereocenters. The highest BCUT2D eigenvalue weighted by Crippen LogP contribution is 2.62. The fourth-order valence-corrected chi connectivity index (χ4v) is 12.3. The highest BCUT2D eigenvalue weighted by atomic mass is 16.7. The van der Waals surface area contributed by atoms with Crippen LogP contribution in [0.15, 0.2) is 151 Å². The largest absolute Gasteiger partial charge is 0.459 e. The van der Waals surface area contributed by atoms with E-state index in [1.807, 2.05) is 91.0 Å². The smallest absolute Gasteiger partial charge is 0.410 e. The Bertz CT molecular complexity index is 2770. The molecule has 0 saturated heterocycles. The van der Waals surface area contributed by atoms with Gasteiger partial charge in [-0.2, -0.15) is 0 Å². The number of hydrogen-bond donors (Lipinski definition) is 2. The van der Waals surface area contributed by atoms with Gasteiger partial charge >= 0.3 is 6.09 Å². The van der Waals surface area contributed by atoms with E-state index in [1.165, 1.54) is 44.9 Å². The monoisotopic (exact) mass is 1070 g/mol. The average molecular weight is 1080 g/mol. The van der Waals surface area contributed by atoms with E-state index in [4.69, 9.17) is 38.4 Å². The molecule has 0 spiro atoms. The summed E-state index contributed by atoms with van der Waals surface area (Å²) in [5, 5.41) is 25.4. The van der Waals surface area contributed by atoms with Gasteiger partial charge in [0.15, 0.2) is 11.5 Å². The van der Waals surface area contributed by atoms with Gasteiger partial charge in [0.2, 0.25) is 12.6 Å². The molecule has 5 aromatic rings. The zero-order valence-corrected chi connectivity index (χ0v) is 46.3. The number of aliphatic hydroxyl groups is 2. The fourth-order valence-electron chi connectivity index (χ4n) is 12.3. The number of carbonyl (C=O) groups is 1. The first-order valence-corrected chi connectivity index (χ1v) is 29.3. The maximum absolute atomic E-state index is 15.4. The minimum Gasteiger partial charge on any atom is -0.459 e. The zero-order valence-electron chi connectivity index (χ0n) is 46.3. The first-order valence-electron chi connectivity index (χ1n) is 29.3. The van der Waals surface area contributed by atoms with E-state index >= 15 is 4.79 Å². The van der Waals surface area contributed by atoms with Crippen molar-refractivity contribution in [2.45, 2.75) is 147 Å². The number of benzene rings is 5. The first kappa shape index (κ1) is 57.1. The highest BCUT2D eigenvalue weighted by molar-refractivity contribution is 6.03. The molecule has 4 aliphatic rings. The summed E-state index contributed by atoms with van der Waals surface area (Å²) in [7, 11) is 0. The number of ether oxygens (including phenoxy) is 6. The molecule has 2 aliphatic carbocycles. The number of nitrogens with zero attached hydrogens (tertiary/aromatic N) is 2. The van der Waals surface area contributed by atoms with Crippen LogP contribution in [0.5, 0.6) is 28.7 Å². The number of amides is 1. The molecular formula is C67H82N2O10. The van der Waals surface area contributed by atoms with E-state index in [1.54, 1.807) is 11.0 Å². The minimum absolute atomic E-state index is 0.0181. The molecular weight excluding hydrogens is 993 g/mol. The second-order valence-electron chi connectivity index (χ2n) is 21.6. The Morgan fingerprint density at radius 3 is 2.13 bits per heavy atom. The summed E-state index contributed by atoms with van der Waals surface area (Å²) in [6.45, 7) is 7.46. The molecule has 420 valence electrons. The topological polar surface area (TPSA) is 138 Å². The predicted molar refractivity (Wildman–Crippen MR) is 309 cm³/mol. The summed E-state index contributed by atoms with van der Waals surface area (Å²) in [5.41, 5.74) is 6.62. The highest BCUT2D eigenvalue weighted by Gasteiger charge is 2.66. The fraction of sp³-hybridized carbons (Fsp3) is 0.463. The second kappa shape index (κ2) is 29.0. The van der Waals surface area contributed by atoms with Crippen LogP contribution in [0.1, 0.15) is 139 Å². The molecule has 79 heavy (non-hydrogen) atoms. The molecule has 0 radical (unpaired) electrons. The Kier molecular flexibility index (Phi) is 21.0. The molecule has 2 aliphatic heterocycles. The third kappa shape index (κ3) is 14.4. The van der Waals surface area contributed by atoms with Crippen LogP contribution in [0.4, 0.5) is 4.79 Å². The lowest BCUT2D eigenvalue weighted by atomic mass is 9.55. The summed E-state index contributed by atoms with van der Waals surface area (Å²) in [4.78, 5) is 23.5. The molecule has 1 saturated carbocycles. The van der Waals surface area contributed by atoms with Crippen LogP contribution >= 0.6 is 0 Å². The van der Waals surface area contributed by atoms with Crippen molar-refractivity contribution in [1.82, 2.24) is 4.90 Å². The molecule has 5 aromatic carbocycles. The first-order chi connectivity index (χ1) is 38.9. The van der Waals surface area contributed by atoms with E-state index in [-0.39, 0.29) is 70.5 Å². The van der Waals surface area contributed by atoms with Crippen molar-refractivity contribution in [3.05, 3.63) is 162 Å². The number of hydrogen-bond acceptors (Lipinski definition) is 11. The summed E-state index contributed by atoms with van der Waals surface area (Å²) >= 11 is 0. The predicted octanol–water partition coefficient (Wildman–Crippen LogP) is 15.3. The summed E-state index contributed by atoms with van der Waals surface area (Å²) < 4.78 is 39.6. The van der Waals surface area contributed by atoms with E-state index in [0.29, 0.717) is 47.3 Å². The summed E-state index contributed by atoms with van der Waals surface area (Å²) in [6.07, 6.45) is 20.0. The van der Waals surface area contributed by atoms with Crippen LogP contribution in [0, 0.1) is 17.8 Å². The van der Waals surface area contributed by atoms with Crippen LogP contribution in [-0.4, -0.2) is 72.0 Å². The summed E-state index contributed by atoms with van der Waals surface area (Å²) in [6, 6.07) is 39.4. The van der Waals surface area contributed by atoms with Crippen LogP contribution < -0.4 is 18.9 Å². The Morgan fingerprint density at radius 2 is 1.39 bits per heavy atom. The average Bonchev–Trinajstić information content (AvgIpc) is 3.74. The van der Waals surface area contributed by atoms with Crippen LogP contribution in [0.25, 0.3) is 11.1 Å². The third-order valence-electron chi connectivity index (χ3n) is 16.2. The van der Waals surface area contributed by atoms with Gasteiger partial charge in [-0.3, -0.25) is 4.90 Å². The normalized spacial score (nSPS) is 21.1. The quantitative estimate of drug-likeness (QED) is 0.0251. The Hall–Kier alpha value is -6.60. The Labute approximate surface area is 468 Å². The van der Waals surface area contributed by atoms with Gasteiger partial charge in [-0.15, -0.1) is 6.58 Å². The van der Waals surface area contributed by atoms with Crippen molar-refractivity contribution in [2.75, 3.05) is 33.2 Å². The second-order valence-corrected chi connectivity index (χ2v) is 21.6. The van der Waals surface area contributed by atoms with Gasteiger partial charge in [-0.1, -0.05) is 174 Å². The van der Waals surface area contributed by atoms with Gasteiger partial charge in [-0.05, 0) is 114 Å². The van der Waals surface area contributed by atoms with E-state index in [2.05, 4.69) is 49.9 Å². The van der Waals surface area contributed by atoms with Crippen molar-refractivity contribution >= 4 is 11.8 Å². The van der Waals surface area contributed by atoms with Gasteiger partial charge in [0.05, 0.1) is 24.8 Å². The maximum atomic E-state index is 15.4. The number of oxime groups is 1. The number of rotatable bonds is 31. The molecule has 12 heteroatoms. The molecule has 2 heterocycles. The summed E-state index contributed by atoms with van der Waals surface area (Å²) in [5.74, 6) is 1.03. The van der Waals surface area contributed by atoms with Crippen molar-refractivity contribution in [3.8, 4) is 39.9 Å². The van der Waals surface area contributed by atoms with Crippen LogP contribution in [-0.2, 0) is 27.5 Å². The number of carbonyl (C=O) groups excluding carboxylic acids is 1. The van der Waals surface area contributed by atoms with Gasteiger partial charge in [-0.25, -0.2) is 4.79 Å². The van der Waals surface area contributed by atoms with Gasteiger partial charge in [0.1, 0.15) is 29.9 Å². The molecule has 1 fully saturated rings. The van der Waals surface area contributed by atoms with E-state index in [9.17, 15) is 10.2 Å². The SMILES string of the molecule is C=CCO[C@@]12Oc3ccc(Oc4ccc(-c5ccccc5)cc4)cc3[C@H]3[C@H](CCCCO)[C@@H](CCCCO)C=C(C(=NOCc4ccccc4)C[C@@H]1N(Cc1ccc4c(c1)OCO4)C(=O)OCCCCCCCCCCCC)[C@H]32. The number of allylic oxidation sites excluding steroid dienone is 1. The van der Waals surface area contributed by atoms with Crippen molar-refractivity contribution < 1.29 is 48.3 Å². The van der Waals surface area contributed by atoms with Crippen LogP contribution in [0.2, 0.25) is 0 Å². The van der Waals surface area contributed by atoms with Gasteiger partial charge < -0.3 is 43.5 Å². The third-order valence-corrected chi connectivity index (χ3v) is 16.2. The van der Waals surface area contributed by atoms with Crippen molar-refractivity contribution in [3.63, 3.8) is 0 Å². The number of aliphatic hydroxyl groups excluding tert-OH is 2. The molecule has 0 bridgehead atoms. The lowest BCUT2D eigenvalue weighted by molar-refractivity contribution is -0.256. The molecule has 0 unspecified atom stereocenters. The molecule has 1 amide bonds. The van der Waals surface area contributed by atoms with Crippen LogP contribution in [0.3, 0.4) is 0 Å². The Balaban J connectivity index is 1.14. The van der Waals surface area contributed by atoms with E-state index in [0.717, 1.165) is 78.3 Å². The Morgan fingerprint density at radius 1 is 0.722 bits per heavy atom. The van der Waals surface area contributed by atoms with Crippen molar-refractivity contribution in [1.29, 1.82) is 0 Å². The number of unbranched alkanes of at least 4 members (excludes halogenated alkanes) is 11. The van der Waals surface area contributed by atoms with E-state index < -0.39 is 23.8 Å². The number of fused-ring (bicyclic) bond motifs is 3. The standard InChI is InChI=1S/C67H82N2O10/c1-3-5-6-7-8-9-10-11-12-23-41-73-66(72)69(46-50-30-36-61-62(42-50)75-48-74-61)63-45-59(68-77-47-49-24-15-13-16-25-49)57-43-53(28-19-21-38-70)56(29-20-22-39-71)64-58-44-55(35-37-60(58)79-67(63,65(57)64)76-40-4-2)78-54-33-31-52(32-34-54)51-26-17-14-18-27-51/h4,13-18,24-27,30-37,42-44,53,56,63-65,70-71H,2-3,5-12,19-23,28-29,38-41,45-48H2,1H3/t53-,56+,63-,64+,65+,67+/m0/s1. The molecule has 9 rings (SSSR count). The molecule has 12 nitrogen and oxygen atoms in total. The minimum atomic E-state index is -1.50. The lowest BCUT2D eigenvalue weighted by Crippen LogP contribution is -2.70. The molecule has 2 N–H and O–H groups in total. The van der Waals surface area contributed by atoms with Gasteiger partial charge in [0.25, 0.3) is 0 Å².